The maximum atomic E-state index is 13.1. The largest absolute Gasteiger partial charge is 0.487 e. The molecular formula is C25H19FI2N2O2. The number of hydrogen-bond acceptors (Lipinski definition) is 3. The van der Waals surface area contributed by atoms with E-state index >= 15 is 0 Å². The van der Waals surface area contributed by atoms with Gasteiger partial charge in [0.25, 0.3) is 5.91 Å². The molecule has 0 heterocycles. The van der Waals surface area contributed by atoms with Gasteiger partial charge in [0.15, 0.2) is 0 Å². The number of rotatable bonds is 6. The van der Waals surface area contributed by atoms with E-state index in [4.69, 9.17) is 4.74 Å². The van der Waals surface area contributed by atoms with Crippen molar-refractivity contribution in [3.8, 4) is 11.8 Å². The van der Waals surface area contributed by atoms with Crippen LogP contribution in [-0.4, -0.2) is 5.91 Å². The van der Waals surface area contributed by atoms with Crippen LogP contribution in [-0.2, 0) is 11.4 Å². The summed E-state index contributed by atoms with van der Waals surface area (Å²) >= 11 is 4.32. The number of ether oxygens (including phenoxy) is 1. The van der Waals surface area contributed by atoms with E-state index in [9.17, 15) is 14.4 Å². The summed E-state index contributed by atoms with van der Waals surface area (Å²) in [4.78, 5) is 12.7. The van der Waals surface area contributed by atoms with Gasteiger partial charge in [-0.3, -0.25) is 4.79 Å². The van der Waals surface area contributed by atoms with Crippen LogP contribution in [0.1, 0.15) is 22.3 Å². The van der Waals surface area contributed by atoms with Gasteiger partial charge in [-0.15, -0.1) is 0 Å². The fourth-order valence-electron chi connectivity index (χ4n) is 2.93. The van der Waals surface area contributed by atoms with Crippen molar-refractivity contribution in [2.75, 3.05) is 5.32 Å². The molecule has 0 radical (unpaired) electrons. The number of carbonyl (C=O) groups excluding carboxylic acids is 1. The summed E-state index contributed by atoms with van der Waals surface area (Å²) in [5.41, 5.74) is 4.30. The first-order chi connectivity index (χ1) is 15.3. The Morgan fingerprint density at radius 2 is 1.78 bits per heavy atom. The monoisotopic (exact) mass is 652 g/mol. The van der Waals surface area contributed by atoms with Gasteiger partial charge >= 0.3 is 0 Å². The zero-order valence-electron chi connectivity index (χ0n) is 17.4. The van der Waals surface area contributed by atoms with Gasteiger partial charge in [-0.2, -0.15) is 5.26 Å². The molecule has 0 aromatic heterocycles. The van der Waals surface area contributed by atoms with Crippen molar-refractivity contribution >= 4 is 62.9 Å². The highest BCUT2D eigenvalue weighted by Gasteiger charge is 2.14. The molecule has 3 rings (SSSR count). The molecule has 4 nitrogen and oxygen atoms in total. The molecule has 1 amide bonds. The molecule has 0 aliphatic rings. The van der Waals surface area contributed by atoms with E-state index in [-0.39, 0.29) is 11.4 Å². The molecule has 0 bridgehead atoms. The number of benzene rings is 3. The molecule has 0 fully saturated rings. The molecule has 7 heteroatoms. The minimum atomic E-state index is -0.456. The zero-order valence-corrected chi connectivity index (χ0v) is 21.7. The Balaban J connectivity index is 1.78. The number of nitrogens with one attached hydrogen (secondary N) is 1. The first-order valence-electron chi connectivity index (χ1n) is 9.64. The lowest BCUT2D eigenvalue weighted by Crippen LogP contribution is -2.14. The van der Waals surface area contributed by atoms with E-state index in [0.29, 0.717) is 18.0 Å². The van der Waals surface area contributed by atoms with Crippen LogP contribution in [0.3, 0.4) is 0 Å². The van der Waals surface area contributed by atoms with Crippen molar-refractivity contribution in [2.45, 2.75) is 20.5 Å². The van der Waals surface area contributed by atoms with Crippen molar-refractivity contribution in [2.24, 2.45) is 0 Å². The molecule has 1 N–H and O–H groups in total. The quantitative estimate of drug-likeness (QED) is 0.182. The third-order valence-electron chi connectivity index (χ3n) is 4.85. The third kappa shape index (κ3) is 6.07. The van der Waals surface area contributed by atoms with Crippen molar-refractivity contribution < 1.29 is 13.9 Å². The lowest BCUT2D eigenvalue weighted by Gasteiger charge is -2.12. The summed E-state index contributed by atoms with van der Waals surface area (Å²) in [6.45, 7) is 4.20. The molecule has 162 valence electrons. The highest BCUT2D eigenvalue weighted by atomic mass is 127. The maximum Gasteiger partial charge on any atom is 0.266 e. The predicted molar refractivity (Wildman–Crippen MR) is 141 cm³/mol. The molecule has 3 aromatic carbocycles. The standard InChI is InChI=1S/C25H19FI2N2O2/c1-15-4-3-5-23(16(15)2)30-25(31)19(13-29)10-18-11-21(27)24(22(28)12-18)32-14-17-6-8-20(26)9-7-17/h3-12H,14H2,1-2H3,(H,30,31)/b19-10+. The number of halogens is 3. The summed E-state index contributed by atoms with van der Waals surface area (Å²) in [5.74, 6) is -0.0437. The minimum absolute atomic E-state index is 0.0116. The van der Waals surface area contributed by atoms with Crippen molar-refractivity contribution in [3.05, 3.63) is 95.4 Å². The molecule has 0 aliphatic carbocycles. The Hall–Kier alpha value is -2.45. The fraction of sp³-hybridized carbons (Fsp3) is 0.120. The third-order valence-corrected chi connectivity index (χ3v) is 6.45. The lowest BCUT2D eigenvalue weighted by atomic mass is 10.1. The average Bonchev–Trinajstić information content (AvgIpc) is 2.76. The van der Waals surface area contributed by atoms with E-state index in [1.165, 1.54) is 12.1 Å². The second-order valence-electron chi connectivity index (χ2n) is 7.10. The summed E-state index contributed by atoms with van der Waals surface area (Å²) in [7, 11) is 0. The number of anilines is 1. The number of nitriles is 1. The molecule has 0 saturated heterocycles. The predicted octanol–water partition coefficient (Wildman–Crippen LogP) is 6.78. The highest BCUT2D eigenvalue weighted by Crippen LogP contribution is 2.30. The summed E-state index contributed by atoms with van der Waals surface area (Å²) < 4.78 is 20.7. The van der Waals surface area contributed by atoms with E-state index in [1.807, 2.05) is 50.2 Å². The normalized spacial score (nSPS) is 11.1. The van der Waals surface area contributed by atoms with Crippen LogP contribution in [0.2, 0.25) is 0 Å². The van der Waals surface area contributed by atoms with Crippen LogP contribution in [0.25, 0.3) is 6.08 Å². The molecule has 0 atom stereocenters. The van der Waals surface area contributed by atoms with Crippen LogP contribution >= 0.6 is 45.2 Å². The van der Waals surface area contributed by atoms with Crippen LogP contribution < -0.4 is 10.1 Å². The van der Waals surface area contributed by atoms with Crippen molar-refractivity contribution in [1.82, 2.24) is 0 Å². The van der Waals surface area contributed by atoms with Gasteiger partial charge in [0.1, 0.15) is 29.8 Å². The second kappa shape index (κ2) is 10.9. The van der Waals surface area contributed by atoms with Crippen LogP contribution in [0.15, 0.2) is 60.2 Å². The lowest BCUT2D eigenvalue weighted by molar-refractivity contribution is -0.112. The SMILES string of the molecule is Cc1cccc(NC(=O)/C(C#N)=C/c2cc(I)c(OCc3ccc(F)cc3)c(I)c2)c1C. The molecule has 0 unspecified atom stereocenters. The topological polar surface area (TPSA) is 62.1 Å². The van der Waals surface area contributed by atoms with Gasteiger partial charge in [0.05, 0.1) is 7.14 Å². The molecule has 0 aliphatic heterocycles. The summed E-state index contributed by atoms with van der Waals surface area (Å²) in [6.07, 6.45) is 1.56. The van der Waals surface area contributed by atoms with Crippen LogP contribution in [0.5, 0.6) is 5.75 Å². The fourth-order valence-corrected chi connectivity index (χ4v) is 5.06. The van der Waals surface area contributed by atoms with Gasteiger partial charge in [-0.1, -0.05) is 24.3 Å². The number of amides is 1. The number of nitrogens with zero attached hydrogens (tertiary/aromatic N) is 1. The van der Waals surface area contributed by atoms with Gasteiger partial charge in [0.2, 0.25) is 0 Å². The Bertz CT molecular complexity index is 1210. The average molecular weight is 652 g/mol. The van der Waals surface area contributed by atoms with Gasteiger partial charge in [0, 0.05) is 5.69 Å². The Morgan fingerprint density at radius 1 is 1.12 bits per heavy atom. The maximum absolute atomic E-state index is 13.1. The Labute approximate surface area is 213 Å². The Morgan fingerprint density at radius 3 is 2.41 bits per heavy atom. The zero-order chi connectivity index (χ0) is 23.3. The van der Waals surface area contributed by atoms with Crippen molar-refractivity contribution in [1.29, 1.82) is 5.26 Å². The molecule has 0 spiro atoms. The van der Waals surface area contributed by atoms with Gasteiger partial charge < -0.3 is 10.1 Å². The van der Waals surface area contributed by atoms with E-state index < -0.39 is 5.91 Å². The van der Waals surface area contributed by atoms with E-state index in [0.717, 1.165) is 29.4 Å². The summed E-state index contributed by atoms with van der Waals surface area (Å²) in [6, 6.07) is 17.5. The molecule has 32 heavy (non-hydrogen) atoms. The number of aryl methyl sites for hydroxylation is 1. The molecule has 3 aromatic rings. The highest BCUT2D eigenvalue weighted by molar-refractivity contribution is 14.1. The van der Waals surface area contributed by atoms with Crippen LogP contribution in [0.4, 0.5) is 10.1 Å². The van der Waals surface area contributed by atoms with Crippen LogP contribution in [0, 0.1) is 38.1 Å². The van der Waals surface area contributed by atoms with Crippen molar-refractivity contribution in [3.63, 3.8) is 0 Å². The second-order valence-corrected chi connectivity index (χ2v) is 9.42. The molecular weight excluding hydrogens is 633 g/mol. The van der Waals surface area contributed by atoms with Gasteiger partial charge in [-0.05, 0) is 118 Å². The minimum Gasteiger partial charge on any atom is -0.487 e. The van der Waals surface area contributed by atoms with E-state index in [1.54, 1.807) is 18.2 Å². The van der Waals surface area contributed by atoms with E-state index in [2.05, 4.69) is 50.5 Å². The Kier molecular flexibility index (Phi) is 8.26. The van der Waals surface area contributed by atoms with Gasteiger partial charge in [-0.25, -0.2) is 4.39 Å². The first kappa shape index (κ1) is 24.2. The number of carbonyl (C=O) groups is 1. The summed E-state index contributed by atoms with van der Waals surface area (Å²) in [5, 5.41) is 12.4. The smallest absolute Gasteiger partial charge is 0.266 e. The number of hydrogen-bond donors (Lipinski definition) is 1. The first-order valence-corrected chi connectivity index (χ1v) is 11.8. The molecule has 0 saturated carbocycles.